The standard InChI is InChI=1S/C15H24N2O3/c1-15(2,19-5)8-9-20-13-10-11(6-7-12(13)16)14(18)17(3)4/h6-7,10H,8-9,16H2,1-5H3. The van der Waals surface area contributed by atoms with Crippen LogP contribution in [0.5, 0.6) is 5.75 Å². The van der Waals surface area contributed by atoms with Crippen LogP contribution < -0.4 is 10.5 Å². The lowest BCUT2D eigenvalue weighted by molar-refractivity contribution is 0.00550. The highest BCUT2D eigenvalue weighted by Crippen LogP contribution is 2.24. The third-order valence-electron chi connectivity index (χ3n) is 3.18. The molecule has 0 aliphatic heterocycles. The van der Waals surface area contributed by atoms with Gasteiger partial charge in [0, 0.05) is 33.2 Å². The number of nitrogens with two attached hydrogens (primary N) is 1. The predicted octanol–water partition coefficient (Wildman–Crippen LogP) is 2.16. The van der Waals surface area contributed by atoms with Crippen LogP contribution in [-0.4, -0.2) is 44.2 Å². The minimum atomic E-state index is -0.244. The van der Waals surface area contributed by atoms with Crippen molar-refractivity contribution in [1.82, 2.24) is 4.90 Å². The van der Waals surface area contributed by atoms with E-state index in [1.165, 1.54) is 4.90 Å². The number of hydrogen-bond donors (Lipinski definition) is 1. The molecule has 5 nitrogen and oxygen atoms in total. The van der Waals surface area contributed by atoms with Crippen LogP contribution in [0.3, 0.4) is 0 Å². The smallest absolute Gasteiger partial charge is 0.253 e. The van der Waals surface area contributed by atoms with E-state index < -0.39 is 0 Å². The minimum Gasteiger partial charge on any atom is -0.491 e. The molecule has 1 amide bonds. The molecule has 2 N–H and O–H groups in total. The molecule has 1 rings (SSSR count). The highest BCUT2D eigenvalue weighted by molar-refractivity contribution is 5.94. The Hall–Kier alpha value is -1.75. The lowest BCUT2D eigenvalue weighted by atomic mass is 10.1. The summed E-state index contributed by atoms with van der Waals surface area (Å²) in [5.41, 5.74) is 6.71. The molecular weight excluding hydrogens is 256 g/mol. The number of methoxy groups -OCH3 is 1. The van der Waals surface area contributed by atoms with Gasteiger partial charge in [0.05, 0.1) is 17.9 Å². The van der Waals surface area contributed by atoms with E-state index in [1.54, 1.807) is 39.4 Å². The van der Waals surface area contributed by atoms with Crippen molar-refractivity contribution in [2.75, 3.05) is 33.5 Å². The van der Waals surface area contributed by atoms with Gasteiger partial charge in [0.2, 0.25) is 0 Å². The Morgan fingerprint density at radius 3 is 2.55 bits per heavy atom. The first-order valence-corrected chi connectivity index (χ1v) is 6.56. The average molecular weight is 280 g/mol. The summed E-state index contributed by atoms with van der Waals surface area (Å²) in [5, 5.41) is 0. The fraction of sp³-hybridized carbons (Fsp3) is 0.533. The van der Waals surface area contributed by atoms with Crippen molar-refractivity contribution >= 4 is 11.6 Å². The second-order valence-corrected chi connectivity index (χ2v) is 5.51. The van der Waals surface area contributed by atoms with E-state index in [4.69, 9.17) is 15.2 Å². The van der Waals surface area contributed by atoms with Crippen LogP contribution in [-0.2, 0) is 4.74 Å². The Kier molecular flexibility index (Phi) is 5.39. The maximum Gasteiger partial charge on any atom is 0.253 e. The normalized spacial score (nSPS) is 11.2. The van der Waals surface area contributed by atoms with Crippen LogP contribution in [0.1, 0.15) is 30.6 Å². The zero-order valence-electron chi connectivity index (χ0n) is 12.9. The van der Waals surface area contributed by atoms with Crippen LogP contribution in [0.15, 0.2) is 18.2 Å². The Morgan fingerprint density at radius 2 is 2.00 bits per heavy atom. The molecule has 0 heterocycles. The fourth-order valence-electron chi connectivity index (χ4n) is 1.56. The molecule has 0 aliphatic carbocycles. The minimum absolute atomic E-state index is 0.0768. The predicted molar refractivity (Wildman–Crippen MR) is 80.1 cm³/mol. The number of hydrogen-bond acceptors (Lipinski definition) is 4. The summed E-state index contributed by atoms with van der Waals surface area (Å²) in [7, 11) is 5.09. The van der Waals surface area contributed by atoms with Crippen molar-refractivity contribution in [3.63, 3.8) is 0 Å². The monoisotopic (exact) mass is 280 g/mol. The molecular formula is C15H24N2O3. The topological polar surface area (TPSA) is 64.8 Å². The first kappa shape index (κ1) is 16.3. The van der Waals surface area contributed by atoms with Gasteiger partial charge < -0.3 is 20.1 Å². The van der Waals surface area contributed by atoms with Crippen molar-refractivity contribution in [2.45, 2.75) is 25.9 Å². The van der Waals surface area contributed by atoms with Crippen molar-refractivity contribution in [3.8, 4) is 5.75 Å². The average Bonchev–Trinajstić information content (AvgIpc) is 2.40. The molecule has 112 valence electrons. The summed E-state index contributed by atoms with van der Waals surface area (Å²) in [6.45, 7) is 4.46. The molecule has 0 aliphatic rings. The first-order chi connectivity index (χ1) is 9.26. The summed E-state index contributed by atoms with van der Waals surface area (Å²) in [5.74, 6) is 0.455. The molecule has 0 radical (unpaired) electrons. The highest BCUT2D eigenvalue weighted by atomic mass is 16.5. The van der Waals surface area contributed by atoms with Gasteiger partial charge in [0.25, 0.3) is 5.91 Å². The van der Waals surface area contributed by atoms with Gasteiger partial charge in [-0.2, -0.15) is 0 Å². The van der Waals surface area contributed by atoms with Crippen molar-refractivity contribution < 1.29 is 14.3 Å². The van der Waals surface area contributed by atoms with Crippen LogP contribution in [0.4, 0.5) is 5.69 Å². The number of rotatable bonds is 6. The lowest BCUT2D eigenvalue weighted by Gasteiger charge is -2.23. The number of carbonyl (C=O) groups is 1. The molecule has 0 bridgehead atoms. The Morgan fingerprint density at radius 1 is 1.35 bits per heavy atom. The van der Waals surface area contributed by atoms with Gasteiger partial charge in [-0.25, -0.2) is 0 Å². The molecule has 0 unspecified atom stereocenters. The number of nitrogens with zero attached hydrogens (tertiary/aromatic N) is 1. The molecule has 0 saturated heterocycles. The molecule has 20 heavy (non-hydrogen) atoms. The molecule has 1 aromatic carbocycles. The Bertz CT molecular complexity index is 470. The molecule has 0 spiro atoms. The van der Waals surface area contributed by atoms with Crippen molar-refractivity contribution in [3.05, 3.63) is 23.8 Å². The summed E-state index contributed by atoms with van der Waals surface area (Å²) in [4.78, 5) is 13.4. The SMILES string of the molecule is COC(C)(C)CCOc1cc(C(=O)N(C)C)ccc1N. The van der Waals surface area contributed by atoms with Gasteiger partial charge in [0.15, 0.2) is 0 Å². The van der Waals surface area contributed by atoms with Gasteiger partial charge in [-0.1, -0.05) is 0 Å². The van der Waals surface area contributed by atoms with Crippen molar-refractivity contribution in [2.24, 2.45) is 0 Å². The van der Waals surface area contributed by atoms with Crippen LogP contribution in [0, 0.1) is 0 Å². The van der Waals surface area contributed by atoms with Gasteiger partial charge in [0.1, 0.15) is 5.75 Å². The molecule has 0 aromatic heterocycles. The van der Waals surface area contributed by atoms with E-state index in [0.717, 1.165) is 6.42 Å². The third kappa shape index (κ3) is 4.42. The van der Waals surface area contributed by atoms with E-state index in [1.807, 2.05) is 13.8 Å². The van der Waals surface area contributed by atoms with Crippen LogP contribution in [0.2, 0.25) is 0 Å². The maximum absolute atomic E-state index is 11.9. The zero-order chi connectivity index (χ0) is 15.3. The molecule has 1 aromatic rings. The maximum atomic E-state index is 11.9. The van der Waals surface area contributed by atoms with E-state index in [9.17, 15) is 4.79 Å². The van der Waals surface area contributed by atoms with Gasteiger partial charge in [-0.3, -0.25) is 4.79 Å². The van der Waals surface area contributed by atoms with E-state index in [-0.39, 0.29) is 11.5 Å². The van der Waals surface area contributed by atoms with Crippen LogP contribution in [0.25, 0.3) is 0 Å². The number of benzene rings is 1. The molecule has 0 saturated carbocycles. The largest absolute Gasteiger partial charge is 0.491 e. The first-order valence-electron chi connectivity index (χ1n) is 6.56. The molecule has 0 atom stereocenters. The highest BCUT2D eigenvalue weighted by Gasteiger charge is 2.17. The summed E-state index contributed by atoms with van der Waals surface area (Å²) in [6.07, 6.45) is 0.731. The summed E-state index contributed by atoms with van der Waals surface area (Å²) < 4.78 is 11.0. The second-order valence-electron chi connectivity index (χ2n) is 5.51. The fourth-order valence-corrected chi connectivity index (χ4v) is 1.56. The Balaban J connectivity index is 2.75. The quantitative estimate of drug-likeness (QED) is 0.811. The number of anilines is 1. The summed E-state index contributed by atoms with van der Waals surface area (Å²) in [6, 6.07) is 5.06. The van der Waals surface area contributed by atoms with Crippen molar-refractivity contribution in [1.29, 1.82) is 0 Å². The van der Waals surface area contributed by atoms with E-state index in [2.05, 4.69) is 0 Å². The van der Waals surface area contributed by atoms with E-state index >= 15 is 0 Å². The van der Waals surface area contributed by atoms with E-state index in [0.29, 0.717) is 23.6 Å². The Labute approximate surface area is 120 Å². The van der Waals surface area contributed by atoms with Gasteiger partial charge in [-0.05, 0) is 32.0 Å². The zero-order valence-corrected chi connectivity index (χ0v) is 12.9. The third-order valence-corrected chi connectivity index (χ3v) is 3.18. The van der Waals surface area contributed by atoms with Gasteiger partial charge in [-0.15, -0.1) is 0 Å². The summed E-state index contributed by atoms with van der Waals surface area (Å²) >= 11 is 0. The number of nitrogen functional groups attached to an aromatic ring is 1. The number of amides is 1. The van der Waals surface area contributed by atoms with Gasteiger partial charge >= 0.3 is 0 Å². The number of carbonyl (C=O) groups excluding carboxylic acids is 1. The lowest BCUT2D eigenvalue weighted by Crippen LogP contribution is -2.25. The number of ether oxygens (including phenoxy) is 2. The second kappa shape index (κ2) is 6.61. The molecule has 5 heteroatoms. The molecule has 0 fully saturated rings. The van der Waals surface area contributed by atoms with Crippen LogP contribution >= 0.6 is 0 Å².